The molecule has 126 valence electrons. The Kier molecular flexibility index (Phi) is 5.19. The number of anilines is 1. The number of aryl methyl sites for hydroxylation is 3. The summed E-state index contributed by atoms with van der Waals surface area (Å²) in [4.78, 5) is 12.3. The van der Waals surface area contributed by atoms with Gasteiger partial charge in [-0.1, -0.05) is 25.1 Å². The highest BCUT2D eigenvalue weighted by atomic mass is 16.5. The highest BCUT2D eigenvalue weighted by Gasteiger charge is 2.16. The van der Waals surface area contributed by atoms with Crippen LogP contribution in [0.25, 0.3) is 0 Å². The third-order valence-corrected chi connectivity index (χ3v) is 4.63. The Balaban J connectivity index is 1.61. The predicted octanol–water partition coefficient (Wildman–Crippen LogP) is 4.53. The van der Waals surface area contributed by atoms with E-state index < -0.39 is 6.10 Å². The van der Waals surface area contributed by atoms with Gasteiger partial charge in [0.15, 0.2) is 6.10 Å². The minimum atomic E-state index is -0.530. The zero-order valence-electron chi connectivity index (χ0n) is 14.5. The average molecular weight is 323 g/mol. The fourth-order valence-electron chi connectivity index (χ4n) is 3.11. The van der Waals surface area contributed by atoms with Gasteiger partial charge in [0.2, 0.25) is 0 Å². The Morgan fingerprint density at radius 1 is 1.08 bits per heavy atom. The minimum absolute atomic E-state index is 0.128. The SMILES string of the molecule is CCc1ccc(NC(=O)[C@@H](C)Oc2ccc3c(c2)CCCC3)cc1. The second kappa shape index (κ2) is 7.52. The molecule has 1 N–H and O–H groups in total. The second-order valence-electron chi connectivity index (χ2n) is 6.44. The molecule has 1 aliphatic carbocycles. The number of carbonyl (C=O) groups is 1. The van der Waals surface area contributed by atoms with Gasteiger partial charge in [-0.3, -0.25) is 4.79 Å². The highest BCUT2D eigenvalue weighted by molar-refractivity contribution is 5.94. The maximum atomic E-state index is 12.3. The van der Waals surface area contributed by atoms with E-state index in [1.54, 1.807) is 6.92 Å². The number of rotatable bonds is 5. The number of hydrogen-bond acceptors (Lipinski definition) is 2. The number of hydrogen-bond donors (Lipinski definition) is 1. The van der Waals surface area contributed by atoms with Crippen molar-refractivity contribution in [3.63, 3.8) is 0 Å². The van der Waals surface area contributed by atoms with Crippen LogP contribution in [0.4, 0.5) is 5.69 Å². The second-order valence-corrected chi connectivity index (χ2v) is 6.44. The van der Waals surface area contributed by atoms with E-state index in [4.69, 9.17) is 4.74 Å². The summed E-state index contributed by atoms with van der Waals surface area (Å²) >= 11 is 0. The topological polar surface area (TPSA) is 38.3 Å². The molecule has 0 bridgehead atoms. The Morgan fingerprint density at radius 3 is 2.50 bits per heavy atom. The Labute approximate surface area is 144 Å². The van der Waals surface area contributed by atoms with Crippen molar-refractivity contribution in [1.29, 1.82) is 0 Å². The quantitative estimate of drug-likeness (QED) is 0.877. The lowest BCUT2D eigenvalue weighted by atomic mass is 9.92. The third-order valence-electron chi connectivity index (χ3n) is 4.63. The van der Waals surface area contributed by atoms with Crippen LogP contribution in [0.1, 0.15) is 43.4 Å². The standard InChI is InChI=1S/C21H25NO2/c1-3-16-8-11-19(12-9-16)22-21(23)15(2)24-20-13-10-17-6-4-5-7-18(17)14-20/h8-15H,3-7H2,1-2H3,(H,22,23)/t15-/m1/s1. The molecule has 0 radical (unpaired) electrons. The van der Waals surface area contributed by atoms with Gasteiger partial charge in [-0.15, -0.1) is 0 Å². The molecule has 0 aromatic heterocycles. The van der Waals surface area contributed by atoms with Crippen LogP contribution in [-0.2, 0) is 24.1 Å². The number of amides is 1. The normalized spacial score (nSPS) is 14.6. The fraction of sp³-hybridized carbons (Fsp3) is 0.381. The lowest BCUT2D eigenvalue weighted by molar-refractivity contribution is -0.122. The number of nitrogens with one attached hydrogen (secondary N) is 1. The highest BCUT2D eigenvalue weighted by Crippen LogP contribution is 2.26. The molecule has 0 fully saturated rings. The molecule has 1 atom stereocenters. The Morgan fingerprint density at radius 2 is 1.79 bits per heavy atom. The van der Waals surface area contributed by atoms with E-state index in [0.29, 0.717) is 0 Å². The molecule has 0 heterocycles. The summed E-state index contributed by atoms with van der Waals surface area (Å²) in [5.41, 5.74) is 4.84. The summed E-state index contributed by atoms with van der Waals surface area (Å²) in [6, 6.07) is 14.1. The van der Waals surface area contributed by atoms with Crippen LogP contribution in [0.2, 0.25) is 0 Å². The van der Waals surface area contributed by atoms with Crippen LogP contribution in [-0.4, -0.2) is 12.0 Å². The monoisotopic (exact) mass is 323 g/mol. The number of ether oxygens (including phenoxy) is 1. The Bertz CT molecular complexity index is 706. The molecule has 1 amide bonds. The van der Waals surface area contributed by atoms with E-state index in [-0.39, 0.29) is 5.91 Å². The molecule has 24 heavy (non-hydrogen) atoms. The lowest BCUT2D eigenvalue weighted by Crippen LogP contribution is -2.30. The number of benzene rings is 2. The van der Waals surface area contributed by atoms with Crippen LogP contribution >= 0.6 is 0 Å². The first-order valence-electron chi connectivity index (χ1n) is 8.84. The van der Waals surface area contributed by atoms with E-state index in [2.05, 4.69) is 24.4 Å². The average Bonchev–Trinajstić information content (AvgIpc) is 2.62. The first-order chi connectivity index (χ1) is 11.7. The van der Waals surface area contributed by atoms with Gasteiger partial charge in [-0.2, -0.15) is 0 Å². The van der Waals surface area contributed by atoms with Crippen molar-refractivity contribution in [2.45, 2.75) is 52.1 Å². The van der Waals surface area contributed by atoms with Gasteiger partial charge in [0.05, 0.1) is 0 Å². The summed E-state index contributed by atoms with van der Waals surface area (Å²) in [6.07, 6.45) is 5.23. The van der Waals surface area contributed by atoms with Gasteiger partial charge in [0.25, 0.3) is 5.91 Å². The molecular formula is C21H25NO2. The largest absolute Gasteiger partial charge is 0.481 e. The smallest absolute Gasteiger partial charge is 0.265 e. The molecule has 3 heteroatoms. The zero-order chi connectivity index (χ0) is 16.9. The summed E-state index contributed by atoms with van der Waals surface area (Å²) < 4.78 is 5.85. The van der Waals surface area contributed by atoms with Gasteiger partial charge >= 0.3 is 0 Å². The molecule has 2 aromatic carbocycles. The minimum Gasteiger partial charge on any atom is -0.481 e. The van der Waals surface area contributed by atoms with Crippen molar-refractivity contribution >= 4 is 11.6 Å². The molecule has 0 saturated carbocycles. The van der Waals surface area contributed by atoms with Crippen molar-refractivity contribution in [3.8, 4) is 5.75 Å². The van der Waals surface area contributed by atoms with Crippen molar-refractivity contribution < 1.29 is 9.53 Å². The van der Waals surface area contributed by atoms with Crippen LogP contribution in [0.15, 0.2) is 42.5 Å². The molecule has 0 aliphatic heterocycles. The van der Waals surface area contributed by atoms with E-state index in [1.807, 2.05) is 30.3 Å². The third kappa shape index (κ3) is 3.97. The van der Waals surface area contributed by atoms with E-state index in [0.717, 1.165) is 30.7 Å². The summed E-state index contributed by atoms with van der Waals surface area (Å²) in [7, 11) is 0. The molecule has 0 spiro atoms. The molecule has 0 unspecified atom stereocenters. The van der Waals surface area contributed by atoms with Gasteiger partial charge in [0.1, 0.15) is 5.75 Å². The van der Waals surface area contributed by atoms with E-state index in [9.17, 15) is 4.79 Å². The summed E-state index contributed by atoms with van der Waals surface area (Å²) in [6.45, 7) is 3.90. The molecular weight excluding hydrogens is 298 g/mol. The predicted molar refractivity (Wildman–Crippen MR) is 97.6 cm³/mol. The molecule has 3 nitrogen and oxygen atoms in total. The maximum absolute atomic E-state index is 12.3. The van der Waals surface area contributed by atoms with Gasteiger partial charge < -0.3 is 10.1 Å². The van der Waals surface area contributed by atoms with Crippen LogP contribution in [0.5, 0.6) is 5.75 Å². The maximum Gasteiger partial charge on any atom is 0.265 e. The van der Waals surface area contributed by atoms with E-state index in [1.165, 1.54) is 29.5 Å². The molecule has 1 aliphatic rings. The summed E-state index contributed by atoms with van der Waals surface area (Å²) in [5.74, 6) is 0.650. The van der Waals surface area contributed by atoms with Crippen molar-refractivity contribution in [3.05, 3.63) is 59.2 Å². The van der Waals surface area contributed by atoms with Crippen LogP contribution in [0.3, 0.4) is 0 Å². The first kappa shape index (κ1) is 16.6. The first-order valence-corrected chi connectivity index (χ1v) is 8.84. The van der Waals surface area contributed by atoms with Gasteiger partial charge in [-0.05, 0) is 80.0 Å². The van der Waals surface area contributed by atoms with Crippen molar-refractivity contribution in [2.24, 2.45) is 0 Å². The lowest BCUT2D eigenvalue weighted by Gasteiger charge is -2.19. The van der Waals surface area contributed by atoms with Crippen LogP contribution < -0.4 is 10.1 Å². The Hall–Kier alpha value is -2.29. The van der Waals surface area contributed by atoms with Crippen molar-refractivity contribution in [2.75, 3.05) is 5.32 Å². The summed E-state index contributed by atoms with van der Waals surface area (Å²) in [5, 5.41) is 2.91. The van der Waals surface area contributed by atoms with Crippen LogP contribution in [0, 0.1) is 0 Å². The van der Waals surface area contributed by atoms with Gasteiger partial charge in [0, 0.05) is 5.69 Å². The van der Waals surface area contributed by atoms with E-state index >= 15 is 0 Å². The van der Waals surface area contributed by atoms with Crippen molar-refractivity contribution in [1.82, 2.24) is 0 Å². The van der Waals surface area contributed by atoms with Gasteiger partial charge in [-0.25, -0.2) is 0 Å². The molecule has 2 aromatic rings. The fourth-order valence-corrected chi connectivity index (χ4v) is 3.11. The zero-order valence-corrected chi connectivity index (χ0v) is 14.5. The number of carbonyl (C=O) groups excluding carboxylic acids is 1. The molecule has 3 rings (SSSR count). The molecule has 0 saturated heterocycles. The number of fused-ring (bicyclic) bond motifs is 1.